The molecular weight excluding hydrogens is 304 g/mol. The van der Waals surface area contributed by atoms with Crippen molar-refractivity contribution in [2.45, 2.75) is 10.6 Å². The Morgan fingerprint density at radius 1 is 0.682 bits per heavy atom. The monoisotopic (exact) mass is 320 g/mol. The number of rotatable bonds is 2. The number of hydrogen-bond acceptors (Lipinski definition) is 2. The second-order valence-corrected chi connectivity index (χ2v) is 6.62. The lowest BCUT2D eigenvalue weighted by molar-refractivity contribution is 1.48. The van der Waals surface area contributed by atoms with Crippen molar-refractivity contribution in [1.29, 1.82) is 0 Å². The van der Waals surface area contributed by atoms with Gasteiger partial charge in [-0.25, -0.2) is 0 Å². The van der Waals surface area contributed by atoms with Crippen LogP contribution in [0.5, 0.6) is 0 Å². The molecule has 0 atom stereocenters. The molecule has 4 aromatic carbocycles. The third kappa shape index (κ3) is 2.02. The van der Waals surface area contributed by atoms with Crippen LogP contribution in [0.25, 0.3) is 32.3 Å². The fraction of sp³-hybridized carbons (Fsp3) is 0.100. The van der Waals surface area contributed by atoms with E-state index in [4.69, 9.17) is 0 Å². The molecule has 0 heterocycles. The van der Waals surface area contributed by atoms with E-state index in [0.29, 0.717) is 0 Å². The molecule has 108 valence electrons. The van der Waals surface area contributed by atoms with Crippen molar-refractivity contribution in [2.24, 2.45) is 0 Å². The summed E-state index contributed by atoms with van der Waals surface area (Å²) in [6, 6.07) is 22.1. The smallest absolute Gasteiger partial charge is 0.0160 e. The van der Waals surface area contributed by atoms with Crippen LogP contribution in [0, 0.1) is 0 Å². The molecule has 0 unspecified atom stereocenters. The second kappa shape index (κ2) is 5.53. The van der Waals surface area contributed by atoms with Gasteiger partial charge in [0, 0.05) is 10.6 Å². The Morgan fingerprint density at radius 3 is 1.91 bits per heavy atom. The third-order valence-corrected chi connectivity index (χ3v) is 5.49. The van der Waals surface area contributed by atoms with E-state index in [0.717, 1.165) is 5.75 Å². The zero-order valence-corrected chi connectivity index (χ0v) is 14.0. The molecule has 0 fully saturated rings. The van der Waals surface area contributed by atoms with E-state index in [1.54, 1.807) is 11.8 Å². The van der Waals surface area contributed by atoms with E-state index in [1.165, 1.54) is 42.8 Å². The minimum Gasteiger partial charge on any atom is -0.175 e. The van der Waals surface area contributed by atoms with Crippen molar-refractivity contribution in [3.8, 4) is 0 Å². The van der Waals surface area contributed by atoms with Crippen LogP contribution in [0.15, 0.2) is 65.6 Å². The Hall–Kier alpha value is -1.64. The number of hydrogen-bond donors (Lipinski definition) is 1. The molecule has 4 aromatic rings. The normalized spacial score (nSPS) is 11.5. The molecule has 4 rings (SSSR count). The van der Waals surface area contributed by atoms with Crippen LogP contribution in [0.2, 0.25) is 0 Å². The first-order valence-corrected chi connectivity index (χ1v) is 9.20. The van der Waals surface area contributed by atoms with E-state index in [2.05, 4.69) is 79.5 Å². The fourth-order valence-electron chi connectivity index (χ4n) is 3.29. The summed E-state index contributed by atoms with van der Waals surface area (Å²) in [6.07, 6.45) is 2.14. The summed E-state index contributed by atoms with van der Waals surface area (Å²) in [5, 5.41) is 7.96. The van der Waals surface area contributed by atoms with Crippen LogP contribution in [-0.2, 0) is 5.75 Å². The zero-order chi connectivity index (χ0) is 15.1. The first-order valence-electron chi connectivity index (χ1n) is 7.34. The minimum absolute atomic E-state index is 0.771. The van der Waals surface area contributed by atoms with E-state index < -0.39 is 0 Å². The first kappa shape index (κ1) is 14.0. The molecule has 0 spiro atoms. The van der Waals surface area contributed by atoms with Crippen LogP contribution >= 0.6 is 24.4 Å². The van der Waals surface area contributed by atoms with Gasteiger partial charge in [0.2, 0.25) is 0 Å². The van der Waals surface area contributed by atoms with Crippen molar-refractivity contribution in [1.82, 2.24) is 0 Å². The average Bonchev–Trinajstić information content (AvgIpc) is 2.59. The van der Waals surface area contributed by atoms with Crippen molar-refractivity contribution in [3.05, 3.63) is 66.2 Å². The summed E-state index contributed by atoms with van der Waals surface area (Å²) in [5.74, 6) is 0.771. The first-order chi connectivity index (χ1) is 10.8. The third-order valence-electron chi connectivity index (χ3n) is 4.36. The Balaban J connectivity index is 2.18. The summed E-state index contributed by atoms with van der Waals surface area (Å²) in [4.78, 5) is 1.34. The van der Waals surface area contributed by atoms with Crippen molar-refractivity contribution in [2.75, 3.05) is 6.26 Å². The molecule has 2 heteroatoms. The highest BCUT2D eigenvalue weighted by atomic mass is 32.2. The van der Waals surface area contributed by atoms with Gasteiger partial charge >= 0.3 is 0 Å². The lowest BCUT2D eigenvalue weighted by atomic mass is 9.95. The van der Waals surface area contributed by atoms with Gasteiger partial charge in [-0.3, -0.25) is 0 Å². The Morgan fingerprint density at radius 2 is 1.23 bits per heavy atom. The van der Waals surface area contributed by atoms with Crippen LogP contribution in [0.4, 0.5) is 0 Å². The molecule has 0 amide bonds. The van der Waals surface area contributed by atoms with Crippen LogP contribution in [0.1, 0.15) is 5.56 Å². The molecule has 0 N–H and O–H groups in total. The molecular formula is C20H16S2. The molecule has 0 saturated heterocycles. The standard InChI is InChI=1S/C20H16S2/c1-22-20-7-3-6-16-18-9-8-14-13(12-21)4-2-5-15(14)17(18)10-11-19(16)20/h2-11,21H,12H2,1H3. The molecule has 0 aliphatic carbocycles. The summed E-state index contributed by atoms with van der Waals surface area (Å²) in [7, 11) is 0. The average molecular weight is 320 g/mol. The maximum atomic E-state index is 4.46. The Kier molecular flexibility index (Phi) is 3.51. The number of thiol groups is 1. The quantitative estimate of drug-likeness (QED) is 0.257. The zero-order valence-electron chi connectivity index (χ0n) is 12.3. The maximum Gasteiger partial charge on any atom is 0.0160 e. The summed E-state index contributed by atoms with van der Waals surface area (Å²) in [6.45, 7) is 0. The van der Waals surface area contributed by atoms with E-state index in [-0.39, 0.29) is 0 Å². The second-order valence-electron chi connectivity index (χ2n) is 5.45. The highest BCUT2D eigenvalue weighted by Gasteiger charge is 2.08. The number of thioether (sulfide) groups is 1. The molecule has 22 heavy (non-hydrogen) atoms. The summed E-state index contributed by atoms with van der Waals surface area (Å²) < 4.78 is 0. The van der Waals surface area contributed by atoms with Crippen molar-refractivity contribution in [3.63, 3.8) is 0 Å². The molecule has 0 aliphatic heterocycles. The van der Waals surface area contributed by atoms with Gasteiger partial charge in [0.1, 0.15) is 0 Å². The number of benzene rings is 4. The molecule has 0 saturated carbocycles. The van der Waals surface area contributed by atoms with Crippen LogP contribution < -0.4 is 0 Å². The fourth-order valence-corrected chi connectivity index (χ4v) is 4.18. The topological polar surface area (TPSA) is 0 Å². The molecule has 0 nitrogen and oxygen atoms in total. The lowest BCUT2D eigenvalue weighted by Gasteiger charge is -2.11. The van der Waals surface area contributed by atoms with Gasteiger partial charge in [0.15, 0.2) is 0 Å². The highest BCUT2D eigenvalue weighted by molar-refractivity contribution is 7.98. The molecule has 0 aromatic heterocycles. The van der Waals surface area contributed by atoms with Gasteiger partial charge < -0.3 is 0 Å². The molecule has 0 aliphatic rings. The van der Waals surface area contributed by atoms with Crippen molar-refractivity contribution < 1.29 is 0 Å². The van der Waals surface area contributed by atoms with E-state index in [9.17, 15) is 0 Å². The van der Waals surface area contributed by atoms with Gasteiger partial charge in [-0.2, -0.15) is 12.6 Å². The maximum absolute atomic E-state index is 4.46. The van der Waals surface area contributed by atoms with E-state index >= 15 is 0 Å². The van der Waals surface area contributed by atoms with Gasteiger partial charge in [-0.05, 0) is 50.2 Å². The van der Waals surface area contributed by atoms with Gasteiger partial charge in [-0.15, -0.1) is 11.8 Å². The van der Waals surface area contributed by atoms with Crippen molar-refractivity contribution >= 4 is 56.7 Å². The SMILES string of the molecule is CSc1cccc2c1ccc1c3cccc(CS)c3ccc21. The molecule has 0 radical (unpaired) electrons. The minimum atomic E-state index is 0.771. The molecule has 0 bridgehead atoms. The summed E-state index contributed by atoms with van der Waals surface area (Å²) in [5.41, 5.74) is 1.29. The Labute approximate surface area is 139 Å². The van der Waals surface area contributed by atoms with Crippen LogP contribution in [-0.4, -0.2) is 6.26 Å². The van der Waals surface area contributed by atoms with Gasteiger partial charge in [0.25, 0.3) is 0 Å². The largest absolute Gasteiger partial charge is 0.175 e. The number of fused-ring (bicyclic) bond motifs is 5. The lowest BCUT2D eigenvalue weighted by Crippen LogP contribution is -1.85. The van der Waals surface area contributed by atoms with Gasteiger partial charge in [-0.1, -0.05) is 54.6 Å². The predicted molar refractivity (Wildman–Crippen MR) is 103 cm³/mol. The highest BCUT2D eigenvalue weighted by Crippen LogP contribution is 2.35. The van der Waals surface area contributed by atoms with Crippen LogP contribution in [0.3, 0.4) is 0 Å². The summed E-state index contributed by atoms with van der Waals surface area (Å²) >= 11 is 6.27. The predicted octanol–water partition coefficient (Wildman–Crippen LogP) is 6.30. The van der Waals surface area contributed by atoms with Gasteiger partial charge in [0.05, 0.1) is 0 Å². The Bertz CT molecular complexity index is 919. The van der Waals surface area contributed by atoms with E-state index in [1.807, 2.05) is 0 Å².